The van der Waals surface area contributed by atoms with Gasteiger partial charge in [-0.05, 0) is 29.8 Å². The second-order valence-electron chi connectivity index (χ2n) is 5.19. The average Bonchev–Trinajstić information content (AvgIpc) is 2.93. The predicted octanol–water partition coefficient (Wildman–Crippen LogP) is 3.35. The molecule has 6 heteroatoms. The molecule has 0 radical (unpaired) electrons. The number of hydrogen-bond acceptors (Lipinski definition) is 3. The minimum Gasteiger partial charge on any atom is -0.491 e. The van der Waals surface area contributed by atoms with Gasteiger partial charge in [-0.3, -0.25) is 4.84 Å². The lowest BCUT2D eigenvalue weighted by atomic mass is 10.2. The highest BCUT2D eigenvalue weighted by Crippen LogP contribution is 2.18. The summed E-state index contributed by atoms with van der Waals surface area (Å²) < 4.78 is 6.74. The lowest BCUT2D eigenvalue weighted by molar-refractivity contribution is -0.145. The zero-order valence-corrected chi connectivity index (χ0v) is 14.0. The molecule has 0 aromatic heterocycles. The Morgan fingerprint density at radius 2 is 1.87 bits per heavy atom. The van der Waals surface area contributed by atoms with Gasteiger partial charge in [0, 0.05) is 11.0 Å². The summed E-state index contributed by atoms with van der Waals surface area (Å²) in [5.41, 5.74) is 1.01. The molecule has 1 unspecified atom stereocenters. The fraction of sp³-hybridized carbons (Fsp3) is 0.235. The maximum atomic E-state index is 11.9. The molecule has 1 saturated heterocycles. The molecule has 1 aliphatic rings. The highest BCUT2D eigenvalue weighted by molar-refractivity contribution is 9.10. The molecule has 2 aromatic rings. The SMILES string of the molecule is O=C1NCC(COc2ccc(Br)cc2)N1OCc1ccccc1. The third-order valence-corrected chi connectivity index (χ3v) is 4.02. The molecule has 0 spiro atoms. The van der Waals surface area contributed by atoms with E-state index >= 15 is 0 Å². The van der Waals surface area contributed by atoms with E-state index < -0.39 is 0 Å². The number of hydroxylamine groups is 2. The molecule has 2 aromatic carbocycles. The van der Waals surface area contributed by atoms with Crippen LogP contribution < -0.4 is 10.1 Å². The zero-order chi connectivity index (χ0) is 16.1. The summed E-state index contributed by atoms with van der Waals surface area (Å²) in [7, 11) is 0. The Labute approximate surface area is 143 Å². The van der Waals surface area contributed by atoms with Crippen LogP contribution in [0.5, 0.6) is 5.75 Å². The van der Waals surface area contributed by atoms with Crippen molar-refractivity contribution < 1.29 is 14.4 Å². The first-order valence-corrected chi connectivity index (χ1v) is 8.14. The Morgan fingerprint density at radius 1 is 1.13 bits per heavy atom. The highest BCUT2D eigenvalue weighted by atomic mass is 79.9. The van der Waals surface area contributed by atoms with E-state index in [1.54, 1.807) is 0 Å². The Balaban J connectivity index is 1.55. The number of halogens is 1. The number of ether oxygens (including phenoxy) is 1. The first kappa shape index (κ1) is 15.8. The van der Waals surface area contributed by atoms with Gasteiger partial charge in [0.25, 0.3) is 0 Å². The second-order valence-corrected chi connectivity index (χ2v) is 6.11. The third kappa shape index (κ3) is 4.24. The first-order chi connectivity index (χ1) is 11.2. The summed E-state index contributed by atoms with van der Waals surface area (Å²) in [6.07, 6.45) is 0. The molecule has 5 nitrogen and oxygen atoms in total. The Bertz CT molecular complexity index is 649. The van der Waals surface area contributed by atoms with Crippen molar-refractivity contribution in [2.75, 3.05) is 13.2 Å². The van der Waals surface area contributed by atoms with Crippen LogP contribution in [0, 0.1) is 0 Å². The molecule has 1 aliphatic heterocycles. The number of urea groups is 1. The van der Waals surface area contributed by atoms with Crippen LogP contribution in [-0.4, -0.2) is 30.3 Å². The van der Waals surface area contributed by atoms with Crippen LogP contribution in [0.3, 0.4) is 0 Å². The van der Waals surface area contributed by atoms with Crippen LogP contribution in [0.15, 0.2) is 59.1 Å². The molecule has 1 heterocycles. The molecule has 120 valence electrons. The van der Waals surface area contributed by atoms with Crippen molar-refractivity contribution in [3.8, 4) is 5.75 Å². The lowest BCUT2D eigenvalue weighted by Crippen LogP contribution is -2.37. The van der Waals surface area contributed by atoms with Gasteiger partial charge in [0.15, 0.2) is 0 Å². The van der Waals surface area contributed by atoms with E-state index in [0.717, 1.165) is 15.8 Å². The van der Waals surface area contributed by atoms with Crippen LogP contribution in [0.1, 0.15) is 5.56 Å². The maximum absolute atomic E-state index is 11.9. The average molecular weight is 377 g/mol. The van der Waals surface area contributed by atoms with Crippen LogP contribution in [0.25, 0.3) is 0 Å². The topological polar surface area (TPSA) is 50.8 Å². The number of carbonyl (C=O) groups excluding carboxylic acids is 1. The molecule has 0 saturated carbocycles. The molecular formula is C17H17BrN2O3. The van der Waals surface area contributed by atoms with Gasteiger partial charge < -0.3 is 10.1 Å². The van der Waals surface area contributed by atoms with E-state index in [1.165, 1.54) is 5.06 Å². The van der Waals surface area contributed by atoms with E-state index in [4.69, 9.17) is 9.57 Å². The standard InChI is InChI=1S/C17H17BrN2O3/c18-14-6-8-16(9-7-14)22-12-15-10-19-17(21)20(15)23-11-13-4-2-1-3-5-13/h1-9,15H,10-12H2,(H,19,21). The molecule has 0 bridgehead atoms. The highest BCUT2D eigenvalue weighted by Gasteiger charge is 2.32. The number of benzene rings is 2. The van der Waals surface area contributed by atoms with Gasteiger partial charge in [0.1, 0.15) is 25.0 Å². The molecular weight excluding hydrogens is 360 g/mol. The molecule has 3 rings (SSSR count). The summed E-state index contributed by atoms with van der Waals surface area (Å²) in [6.45, 7) is 1.22. The van der Waals surface area contributed by atoms with E-state index in [9.17, 15) is 4.79 Å². The lowest BCUT2D eigenvalue weighted by Gasteiger charge is -2.22. The third-order valence-electron chi connectivity index (χ3n) is 3.49. The Hall–Kier alpha value is -2.05. The number of nitrogens with one attached hydrogen (secondary N) is 1. The fourth-order valence-corrected chi connectivity index (χ4v) is 2.53. The van der Waals surface area contributed by atoms with E-state index in [1.807, 2.05) is 54.6 Å². The summed E-state index contributed by atoms with van der Waals surface area (Å²) in [5, 5.41) is 4.14. The fourth-order valence-electron chi connectivity index (χ4n) is 2.26. The Morgan fingerprint density at radius 3 is 2.61 bits per heavy atom. The number of rotatable bonds is 6. The van der Waals surface area contributed by atoms with Crippen LogP contribution in [-0.2, 0) is 11.4 Å². The van der Waals surface area contributed by atoms with Crippen molar-refractivity contribution in [3.63, 3.8) is 0 Å². The van der Waals surface area contributed by atoms with Gasteiger partial charge in [-0.2, -0.15) is 5.06 Å². The summed E-state index contributed by atoms with van der Waals surface area (Å²) in [4.78, 5) is 17.5. The zero-order valence-electron chi connectivity index (χ0n) is 12.4. The second kappa shape index (κ2) is 7.48. The smallest absolute Gasteiger partial charge is 0.341 e. The number of nitrogens with zero attached hydrogens (tertiary/aromatic N) is 1. The van der Waals surface area contributed by atoms with Gasteiger partial charge in [-0.25, -0.2) is 4.79 Å². The maximum Gasteiger partial charge on any atom is 0.341 e. The summed E-state index contributed by atoms with van der Waals surface area (Å²) in [6, 6.07) is 16.9. The van der Waals surface area contributed by atoms with Gasteiger partial charge in [-0.15, -0.1) is 0 Å². The van der Waals surface area contributed by atoms with Crippen molar-refractivity contribution in [2.45, 2.75) is 12.6 Å². The normalized spacial score (nSPS) is 17.2. The van der Waals surface area contributed by atoms with Crippen LogP contribution >= 0.6 is 15.9 Å². The van der Waals surface area contributed by atoms with Crippen LogP contribution in [0.4, 0.5) is 4.79 Å². The van der Waals surface area contributed by atoms with Crippen molar-refractivity contribution >= 4 is 22.0 Å². The first-order valence-electron chi connectivity index (χ1n) is 7.34. The van der Waals surface area contributed by atoms with E-state index in [-0.39, 0.29) is 12.1 Å². The monoisotopic (exact) mass is 376 g/mol. The minimum absolute atomic E-state index is 0.158. The van der Waals surface area contributed by atoms with Gasteiger partial charge >= 0.3 is 6.03 Å². The molecule has 23 heavy (non-hydrogen) atoms. The largest absolute Gasteiger partial charge is 0.491 e. The predicted molar refractivity (Wildman–Crippen MR) is 89.9 cm³/mol. The quantitative estimate of drug-likeness (QED) is 0.840. The molecule has 2 amide bonds. The van der Waals surface area contributed by atoms with Gasteiger partial charge in [-0.1, -0.05) is 46.3 Å². The van der Waals surface area contributed by atoms with Gasteiger partial charge in [0.2, 0.25) is 0 Å². The number of carbonyl (C=O) groups is 1. The molecule has 1 fully saturated rings. The Kier molecular flexibility index (Phi) is 5.15. The van der Waals surface area contributed by atoms with Gasteiger partial charge in [0.05, 0.1) is 0 Å². The summed E-state index contributed by atoms with van der Waals surface area (Å²) >= 11 is 3.38. The minimum atomic E-state index is -0.231. The van der Waals surface area contributed by atoms with Crippen molar-refractivity contribution in [3.05, 3.63) is 64.6 Å². The molecule has 1 atom stereocenters. The van der Waals surface area contributed by atoms with E-state index in [2.05, 4.69) is 21.2 Å². The van der Waals surface area contributed by atoms with Crippen LogP contribution in [0.2, 0.25) is 0 Å². The molecule has 1 N–H and O–H groups in total. The van der Waals surface area contributed by atoms with Crippen molar-refractivity contribution in [1.82, 2.24) is 10.4 Å². The summed E-state index contributed by atoms with van der Waals surface area (Å²) in [5.74, 6) is 0.760. The molecule has 0 aliphatic carbocycles. The van der Waals surface area contributed by atoms with E-state index in [0.29, 0.717) is 19.8 Å². The van der Waals surface area contributed by atoms with Crippen molar-refractivity contribution in [2.24, 2.45) is 0 Å². The number of amides is 2. The van der Waals surface area contributed by atoms with Crippen molar-refractivity contribution in [1.29, 1.82) is 0 Å². The number of hydrogen-bond donors (Lipinski definition) is 1.